The number of carbonyl (C=O) groups excluding carboxylic acids is 1. The molecule has 0 spiro atoms. The van der Waals surface area contributed by atoms with Crippen LogP contribution in [0.25, 0.3) is 0 Å². The van der Waals surface area contributed by atoms with Gasteiger partial charge in [0, 0.05) is 11.8 Å². The highest BCUT2D eigenvalue weighted by atomic mass is 16.1. The smallest absolute Gasteiger partial charge is 0.143 e. The first-order chi connectivity index (χ1) is 5.69. The number of allylic oxidation sites excluding steroid dienone is 2. The Balaban J connectivity index is 2.77. The highest BCUT2D eigenvalue weighted by molar-refractivity contribution is 5.86. The van der Waals surface area contributed by atoms with Crippen LogP contribution in [0.15, 0.2) is 11.6 Å². The zero-order chi connectivity index (χ0) is 9.14. The first-order valence-corrected chi connectivity index (χ1v) is 4.90. The quantitative estimate of drug-likeness (QED) is 0.576. The molecule has 0 aromatic heterocycles. The lowest BCUT2D eigenvalue weighted by Crippen LogP contribution is -2.25. The fourth-order valence-corrected chi connectivity index (χ4v) is 1.95. The molecular formula is C11H18O. The van der Waals surface area contributed by atoms with Crippen LogP contribution in [0.4, 0.5) is 0 Å². The standard InChI is InChI=1S/C11H18O/c1-4-9-6-8(3)7-10(5-2)11(9)12/h6,9-10H,4-5,7H2,1-3H3. The fourth-order valence-electron chi connectivity index (χ4n) is 1.95. The molecule has 0 saturated carbocycles. The van der Waals surface area contributed by atoms with Crippen molar-refractivity contribution in [2.45, 2.75) is 40.0 Å². The van der Waals surface area contributed by atoms with E-state index in [1.165, 1.54) is 5.57 Å². The first kappa shape index (κ1) is 9.50. The third-order valence-electron chi connectivity index (χ3n) is 2.75. The Labute approximate surface area is 74.9 Å². The van der Waals surface area contributed by atoms with Crippen LogP contribution in [0.5, 0.6) is 0 Å². The van der Waals surface area contributed by atoms with E-state index in [2.05, 4.69) is 26.8 Å². The molecule has 1 aliphatic carbocycles. The van der Waals surface area contributed by atoms with Gasteiger partial charge in [-0.2, -0.15) is 0 Å². The van der Waals surface area contributed by atoms with Crippen LogP contribution in [-0.2, 0) is 4.79 Å². The average Bonchev–Trinajstić information content (AvgIpc) is 2.08. The summed E-state index contributed by atoms with van der Waals surface area (Å²) in [4.78, 5) is 11.7. The molecule has 0 heterocycles. The summed E-state index contributed by atoms with van der Waals surface area (Å²) < 4.78 is 0. The van der Waals surface area contributed by atoms with Gasteiger partial charge >= 0.3 is 0 Å². The molecule has 0 amide bonds. The number of Topliss-reactive ketones (excluding diaryl/α,β-unsaturated/α-hetero) is 1. The molecule has 1 aliphatic rings. The molecule has 0 radical (unpaired) electrons. The monoisotopic (exact) mass is 166 g/mol. The van der Waals surface area contributed by atoms with E-state index in [1.54, 1.807) is 0 Å². The lowest BCUT2D eigenvalue weighted by Gasteiger charge is -2.24. The lowest BCUT2D eigenvalue weighted by atomic mass is 9.79. The van der Waals surface area contributed by atoms with Gasteiger partial charge in [0.25, 0.3) is 0 Å². The minimum atomic E-state index is 0.212. The van der Waals surface area contributed by atoms with Crippen LogP contribution < -0.4 is 0 Å². The zero-order valence-corrected chi connectivity index (χ0v) is 8.26. The largest absolute Gasteiger partial charge is 0.299 e. The van der Waals surface area contributed by atoms with Crippen LogP contribution in [0.1, 0.15) is 40.0 Å². The number of rotatable bonds is 2. The number of hydrogen-bond acceptors (Lipinski definition) is 1. The molecule has 0 aromatic carbocycles. The van der Waals surface area contributed by atoms with Gasteiger partial charge in [0.1, 0.15) is 5.78 Å². The Morgan fingerprint density at radius 2 is 2.08 bits per heavy atom. The highest BCUT2D eigenvalue weighted by Crippen LogP contribution is 2.28. The van der Waals surface area contributed by atoms with Gasteiger partial charge in [0.05, 0.1) is 0 Å². The lowest BCUT2D eigenvalue weighted by molar-refractivity contribution is -0.126. The third kappa shape index (κ3) is 1.77. The van der Waals surface area contributed by atoms with E-state index in [-0.39, 0.29) is 5.92 Å². The van der Waals surface area contributed by atoms with Crippen molar-refractivity contribution in [3.63, 3.8) is 0 Å². The SMILES string of the molecule is CCC1C=C(C)CC(CC)C1=O. The summed E-state index contributed by atoms with van der Waals surface area (Å²) in [6.07, 6.45) is 5.10. The van der Waals surface area contributed by atoms with Gasteiger partial charge in [-0.05, 0) is 26.2 Å². The molecule has 0 N–H and O–H groups in total. The molecule has 2 unspecified atom stereocenters. The number of ketones is 1. The van der Waals surface area contributed by atoms with Gasteiger partial charge < -0.3 is 0 Å². The molecule has 1 heteroatoms. The molecule has 0 aliphatic heterocycles. The van der Waals surface area contributed by atoms with Crippen molar-refractivity contribution in [1.82, 2.24) is 0 Å². The predicted molar refractivity (Wildman–Crippen MR) is 50.9 cm³/mol. The molecule has 12 heavy (non-hydrogen) atoms. The van der Waals surface area contributed by atoms with E-state index < -0.39 is 0 Å². The average molecular weight is 166 g/mol. The Hall–Kier alpha value is -0.590. The Morgan fingerprint density at radius 3 is 2.58 bits per heavy atom. The minimum absolute atomic E-state index is 0.212. The summed E-state index contributed by atoms with van der Waals surface area (Å²) in [5.74, 6) is 0.981. The third-order valence-corrected chi connectivity index (χ3v) is 2.75. The molecule has 68 valence electrons. The van der Waals surface area contributed by atoms with Crippen LogP contribution in [-0.4, -0.2) is 5.78 Å². The summed E-state index contributed by atoms with van der Waals surface area (Å²) in [5.41, 5.74) is 1.40. The summed E-state index contributed by atoms with van der Waals surface area (Å²) >= 11 is 0. The number of carbonyl (C=O) groups is 1. The van der Waals surface area contributed by atoms with Gasteiger partial charge in [-0.3, -0.25) is 4.79 Å². The van der Waals surface area contributed by atoms with Crippen molar-refractivity contribution >= 4 is 5.78 Å². The summed E-state index contributed by atoms with van der Waals surface area (Å²) in [5, 5.41) is 0. The summed E-state index contributed by atoms with van der Waals surface area (Å²) in [6, 6.07) is 0. The number of hydrogen-bond donors (Lipinski definition) is 0. The first-order valence-electron chi connectivity index (χ1n) is 4.90. The van der Waals surface area contributed by atoms with Crippen molar-refractivity contribution in [1.29, 1.82) is 0 Å². The maximum Gasteiger partial charge on any atom is 0.143 e. The summed E-state index contributed by atoms with van der Waals surface area (Å²) in [6.45, 7) is 6.33. The molecular weight excluding hydrogens is 148 g/mol. The van der Waals surface area contributed by atoms with Gasteiger partial charge in [-0.15, -0.1) is 0 Å². The van der Waals surface area contributed by atoms with Crippen molar-refractivity contribution in [3.8, 4) is 0 Å². The van der Waals surface area contributed by atoms with E-state index in [1.807, 2.05) is 0 Å². The molecule has 1 nitrogen and oxygen atoms in total. The molecule has 0 saturated heterocycles. The molecule has 0 fully saturated rings. The van der Waals surface area contributed by atoms with E-state index in [0.29, 0.717) is 11.7 Å². The van der Waals surface area contributed by atoms with Crippen LogP contribution in [0.3, 0.4) is 0 Å². The zero-order valence-electron chi connectivity index (χ0n) is 8.26. The Kier molecular flexibility index (Phi) is 3.07. The van der Waals surface area contributed by atoms with Crippen molar-refractivity contribution in [2.75, 3.05) is 0 Å². The van der Waals surface area contributed by atoms with Gasteiger partial charge in [0.2, 0.25) is 0 Å². The second-order valence-corrected chi connectivity index (χ2v) is 3.74. The Bertz CT molecular complexity index is 203. The van der Waals surface area contributed by atoms with E-state index in [9.17, 15) is 4.79 Å². The van der Waals surface area contributed by atoms with E-state index >= 15 is 0 Å². The molecule has 1 rings (SSSR count). The summed E-state index contributed by atoms with van der Waals surface area (Å²) in [7, 11) is 0. The van der Waals surface area contributed by atoms with E-state index in [4.69, 9.17) is 0 Å². The normalized spacial score (nSPS) is 30.2. The van der Waals surface area contributed by atoms with E-state index in [0.717, 1.165) is 19.3 Å². The second-order valence-electron chi connectivity index (χ2n) is 3.74. The maximum atomic E-state index is 11.7. The Morgan fingerprint density at radius 1 is 1.42 bits per heavy atom. The molecule has 0 bridgehead atoms. The van der Waals surface area contributed by atoms with Crippen molar-refractivity contribution in [3.05, 3.63) is 11.6 Å². The topological polar surface area (TPSA) is 17.1 Å². The van der Waals surface area contributed by atoms with Crippen LogP contribution in [0, 0.1) is 11.8 Å². The highest BCUT2D eigenvalue weighted by Gasteiger charge is 2.27. The fraction of sp³-hybridized carbons (Fsp3) is 0.727. The minimum Gasteiger partial charge on any atom is -0.299 e. The second kappa shape index (κ2) is 3.88. The predicted octanol–water partition coefficient (Wildman–Crippen LogP) is 2.96. The van der Waals surface area contributed by atoms with Crippen LogP contribution >= 0.6 is 0 Å². The van der Waals surface area contributed by atoms with Gasteiger partial charge in [-0.1, -0.05) is 25.5 Å². The maximum absolute atomic E-state index is 11.7. The molecule has 0 aromatic rings. The van der Waals surface area contributed by atoms with Crippen LogP contribution in [0.2, 0.25) is 0 Å². The van der Waals surface area contributed by atoms with Crippen molar-refractivity contribution in [2.24, 2.45) is 11.8 Å². The van der Waals surface area contributed by atoms with Gasteiger partial charge in [0.15, 0.2) is 0 Å². The van der Waals surface area contributed by atoms with Gasteiger partial charge in [-0.25, -0.2) is 0 Å². The van der Waals surface area contributed by atoms with Crippen molar-refractivity contribution < 1.29 is 4.79 Å². The molecule has 2 atom stereocenters.